The number of hydrogen-bond donors (Lipinski definition) is 1. The summed E-state index contributed by atoms with van der Waals surface area (Å²) in [6.45, 7) is 8.86. The van der Waals surface area contributed by atoms with Gasteiger partial charge in [0.05, 0.1) is 31.5 Å². The van der Waals surface area contributed by atoms with Crippen LogP contribution in [0.3, 0.4) is 0 Å². The molecule has 14 nitrogen and oxygen atoms in total. The summed E-state index contributed by atoms with van der Waals surface area (Å²) in [6.07, 6.45) is -0.0808. The number of nitrogens with zero attached hydrogens (tertiary/aromatic N) is 8. The van der Waals surface area contributed by atoms with Gasteiger partial charge in [0.1, 0.15) is 11.3 Å². The zero-order chi connectivity index (χ0) is 37.3. The smallest absolute Gasteiger partial charge is 0.417 e. The number of halogens is 3. The SMILES string of the molecule is C=CC(=O)N1CCCc2cc(C(=O)N3CCN(Cc4cc5c(N6CCOCC6)nc(-c6cnc(NC(=O)OC)cc6C(F)(F)F)nn5c4)CC3)ccc21. The van der Waals surface area contributed by atoms with Crippen LogP contribution < -0.4 is 15.1 Å². The minimum absolute atomic E-state index is 0.0611. The van der Waals surface area contributed by atoms with Crippen molar-refractivity contribution in [3.8, 4) is 11.4 Å². The number of amides is 3. The number of hydrogen-bond acceptors (Lipinski definition) is 10. The summed E-state index contributed by atoms with van der Waals surface area (Å²) in [6, 6.07) is 8.17. The lowest BCUT2D eigenvalue weighted by Crippen LogP contribution is -2.48. The Morgan fingerprint density at radius 1 is 1.04 bits per heavy atom. The second-order valence-electron chi connectivity index (χ2n) is 13.0. The molecule has 1 N–H and O–H groups in total. The predicted octanol–water partition coefficient (Wildman–Crippen LogP) is 4.25. The molecule has 0 spiro atoms. The number of methoxy groups -OCH3 is 1. The molecular weight excluding hydrogens is 695 g/mol. The number of nitrogens with one attached hydrogen (secondary N) is 1. The molecule has 0 unspecified atom stereocenters. The highest BCUT2D eigenvalue weighted by molar-refractivity contribution is 6.02. The number of carbonyl (C=O) groups is 3. The standard InChI is InChI=1S/C36H38F3N9O5/c1-3-31(49)47-8-4-5-24-18-25(6-7-28(24)47)34(50)46-11-9-44(10-12-46)21-23-17-29-33(45-13-15-53-16-14-45)42-32(43-48(29)22-23)26-20-40-30(41-35(51)52-2)19-27(26)36(37,38)39/h3,6-7,17-20,22H,1,4-5,8-16,21H2,2H3,(H,40,41,51). The van der Waals surface area contributed by atoms with Crippen LogP contribution in [0.2, 0.25) is 0 Å². The maximum atomic E-state index is 14.4. The van der Waals surface area contributed by atoms with Crippen molar-refractivity contribution in [1.82, 2.24) is 29.4 Å². The van der Waals surface area contributed by atoms with Crippen molar-refractivity contribution >= 4 is 40.7 Å². The van der Waals surface area contributed by atoms with E-state index in [0.29, 0.717) is 82.5 Å². The minimum Gasteiger partial charge on any atom is -0.453 e. The first-order valence-electron chi connectivity index (χ1n) is 17.3. The van der Waals surface area contributed by atoms with Gasteiger partial charge < -0.3 is 24.2 Å². The predicted molar refractivity (Wildman–Crippen MR) is 189 cm³/mol. The van der Waals surface area contributed by atoms with Gasteiger partial charge in [0, 0.05) is 76.0 Å². The molecule has 0 bridgehead atoms. The van der Waals surface area contributed by atoms with Gasteiger partial charge >= 0.3 is 12.3 Å². The van der Waals surface area contributed by atoms with Crippen molar-refractivity contribution in [2.24, 2.45) is 0 Å². The quantitative estimate of drug-likeness (QED) is 0.275. The van der Waals surface area contributed by atoms with Crippen LogP contribution >= 0.6 is 0 Å². The van der Waals surface area contributed by atoms with E-state index in [9.17, 15) is 27.6 Å². The number of alkyl halides is 3. The van der Waals surface area contributed by atoms with Gasteiger partial charge in [-0.05, 0) is 60.4 Å². The summed E-state index contributed by atoms with van der Waals surface area (Å²) >= 11 is 0. The fraction of sp³-hybridized carbons (Fsp3) is 0.389. The van der Waals surface area contributed by atoms with Crippen LogP contribution in [0, 0.1) is 0 Å². The van der Waals surface area contributed by atoms with Crippen LogP contribution in [0.4, 0.5) is 35.3 Å². The molecule has 1 aromatic carbocycles. The first-order chi connectivity index (χ1) is 25.5. The largest absolute Gasteiger partial charge is 0.453 e. The number of morpholine rings is 1. The van der Waals surface area contributed by atoms with Gasteiger partial charge in [-0.3, -0.25) is 19.8 Å². The molecule has 0 atom stereocenters. The van der Waals surface area contributed by atoms with E-state index in [4.69, 9.17) is 4.74 Å². The zero-order valence-corrected chi connectivity index (χ0v) is 29.1. The number of anilines is 3. The summed E-state index contributed by atoms with van der Waals surface area (Å²) in [5, 5.41) is 6.68. The Morgan fingerprint density at radius 2 is 1.81 bits per heavy atom. The number of carbonyl (C=O) groups excluding carboxylic acids is 3. The number of benzene rings is 1. The van der Waals surface area contributed by atoms with Gasteiger partial charge in [-0.25, -0.2) is 19.3 Å². The van der Waals surface area contributed by atoms with Gasteiger partial charge in [0.2, 0.25) is 5.91 Å². The maximum Gasteiger partial charge on any atom is 0.417 e. The third kappa shape index (κ3) is 7.52. The lowest BCUT2D eigenvalue weighted by molar-refractivity contribution is -0.137. The molecule has 2 saturated heterocycles. The van der Waals surface area contributed by atoms with Crippen molar-refractivity contribution in [3.05, 3.63) is 77.6 Å². The Morgan fingerprint density at radius 3 is 2.53 bits per heavy atom. The summed E-state index contributed by atoms with van der Waals surface area (Å²) in [4.78, 5) is 53.8. The van der Waals surface area contributed by atoms with E-state index in [1.54, 1.807) is 21.7 Å². The Hall–Kier alpha value is -5.55. The molecule has 17 heteroatoms. The van der Waals surface area contributed by atoms with Crippen LogP contribution in [-0.2, 0) is 33.4 Å². The van der Waals surface area contributed by atoms with Crippen LogP contribution in [-0.4, -0.2) is 113 Å². The number of rotatable bonds is 7. The van der Waals surface area contributed by atoms with Gasteiger partial charge in [-0.15, -0.1) is 5.10 Å². The van der Waals surface area contributed by atoms with E-state index >= 15 is 0 Å². The van der Waals surface area contributed by atoms with Crippen LogP contribution in [0.1, 0.15) is 33.5 Å². The van der Waals surface area contributed by atoms with Gasteiger partial charge in [0.15, 0.2) is 11.6 Å². The van der Waals surface area contributed by atoms with Crippen molar-refractivity contribution in [2.75, 3.05) is 81.3 Å². The normalized spacial score (nSPS) is 16.7. The Balaban J connectivity index is 1.10. The van der Waals surface area contributed by atoms with Crippen molar-refractivity contribution < 1.29 is 37.0 Å². The van der Waals surface area contributed by atoms with Crippen LogP contribution in [0.5, 0.6) is 0 Å². The molecule has 0 radical (unpaired) electrons. The molecule has 3 aliphatic heterocycles. The third-order valence-corrected chi connectivity index (χ3v) is 9.63. The summed E-state index contributed by atoms with van der Waals surface area (Å²) in [5.41, 5.74) is 2.48. The summed E-state index contributed by atoms with van der Waals surface area (Å²) in [5.74, 6) is -0.264. The molecule has 2 fully saturated rings. The fourth-order valence-electron chi connectivity index (χ4n) is 6.96. The number of aryl methyl sites for hydroxylation is 1. The van der Waals surface area contributed by atoms with E-state index in [1.165, 1.54) is 6.08 Å². The molecule has 7 rings (SSSR count). The molecule has 3 aromatic heterocycles. The maximum absolute atomic E-state index is 14.4. The Kier molecular flexibility index (Phi) is 10.0. The molecule has 0 aliphatic carbocycles. The molecule has 53 heavy (non-hydrogen) atoms. The molecule has 6 heterocycles. The first-order valence-corrected chi connectivity index (χ1v) is 17.3. The Bertz CT molecular complexity index is 2060. The average molecular weight is 734 g/mol. The molecular formula is C36H38F3N9O5. The molecule has 3 amide bonds. The third-order valence-electron chi connectivity index (χ3n) is 9.63. The van der Waals surface area contributed by atoms with E-state index in [0.717, 1.165) is 49.0 Å². The molecule has 4 aromatic rings. The van der Waals surface area contributed by atoms with Crippen molar-refractivity contribution in [1.29, 1.82) is 0 Å². The fourth-order valence-corrected chi connectivity index (χ4v) is 6.96. The highest BCUT2D eigenvalue weighted by Crippen LogP contribution is 2.38. The second-order valence-corrected chi connectivity index (χ2v) is 13.0. The Labute approximate surface area is 302 Å². The average Bonchev–Trinajstić information content (AvgIpc) is 3.59. The van der Waals surface area contributed by atoms with E-state index in [1.807, 2.05) is 28.0 Å². The number of ether oxygens (including phenoxy) is 2. The summed E-state index contributed by atoms with van der Waals surface area (Å²) in [7, 11) is 1.10. The van der Waals surface area contributed by atoms with Gasteiger partial charge in [-0.1, -0.05) is 6.58 Å². The van der Waals surface area contributed by atoms with Gasteiger partial charge in [0.25, 0.3) is 5.91 Å². The van der Waals surface area contributed by atoms with Crippen LogP contribution in [0.25, 0.3) is 16.9 Å². The van der Waals surface area contributed by atoms with E-state index in [-0.39, 0.29) is 29.0 Å². The van der Waals surface area contributed by atoms with Crippen molar-refractivity contribution in [2.45, 2.75) is 25.6 Å². The lowest BCUT2D eigenvalue weighted by Gasteiger charge is -2.35. The number of piperazine rings is 1. The molecule has 3 aliphatic rings. The zero-order valence-electron chi connectivity index (χ0n) is 29.1. The monoisotopic (exact) mass is 733 g/mol. The number of aromatic nitrogens is 4. The number of fused-ring (bicyclic) bond motifs is 2. The van der Waals surface area contributed by atoms with Gasteiger partial charge in [-0.2, -0.15) is 13.2 Å². The first kappa shape index (κ1) is 35.8. The lowest BCUT2D eigenvalue weighted by atomic mass is 9.98. The topological polar surface area (TPSA) is 138 Å². The second kappa shape index (κ2) is 14.8. The van der Waals surface area contributed by atoms with E-state index < -0.39 is 17.8 Å². The summed E-state index contributed by atoms with van der Waals surface area (Å²) < 4.78 is 54.6. The molecule has 278 valence electrons. The minimum atomic E-state index is -4.80. The highest BCUT2D eigenvalue weighted by atomic mass is 19.4. The number of pyridine rings is 1. The van der Waals surface area contributed by atoms with Crippen molar-refractivity contribution in [3.63, 3.8) is 0 Å². The molecule has 0 saturated carbocycles. The highest BCUT2D eigenvalue weighted by Gasteiger charge is 2.36. The van der Waals surface area contributed by atoms with E-state index in [2.05, 4.69) is 36.6 Å². The van der Waals surface area contributed by atoms with Crippen LogP contribution in [0.15, 0.2) is 55.4 Å².